The molecule has 0 aromatic heterocycles. The van der Waals surface area contributed by atoms with Crippen molar-refractivity contribution in [3.8, 4) is 5.75 Å². The van der Waals surface area contributed by atoms with E-state index in [0.29, 0.717) is 24.1 Å². The molecule has 0 bridgehead atoms. The molecule has 0 spiro atoms. The van der Waals surface area contributed by atoms with Crippen LogP contribution in [0.2, 0.25) is 0 Å². The first-order valence-corrected chi connectivity index (χ1v) is 10.3. The summed E-state index contributed by atoms with van der Waals surface area (Å²) in [6.45, 7) is 8.01. The molecule has 1 aliphatic rings. The maximum Gasteiger partial charge on any atom is 0.269 e. The second-order valence-electron chi connectivity index (χ2n) is 8.23. The number of carbonyl (C=O) groups excluding carboxylic acids is 1. The number of nitro benzene ring substituents is 1. The molecule has 1 aliphatic heterocycles. The van der Waals surface area contributed by atoms with Gasteiger partial charge in [0.15, 0.2) is 6.61 Å². The fourth-order valence-corrected chi connectivity index (χ4v) is 4.10. The normalized spacial score (nSPS) is 19.3. The molecule has 1 saturated heterocycles. The van der Waals surface area contributed by atoms with Gasteiger partial charge in [-0.3, -0.25) is 19.8 Å². The molecule has 2 atom stereocenters. The molecule has 1 amide bonds. The van der Waals surface area contributed by atoms with E-state index in [4.69, 9.17) is 4.74 Å². The fourth-order valence-electron chi connectivity index (χ4n) is 4.10. The minimum atomic E-state index is -0.473. The fraction of sp³-hybridized carbons (Fsp3) is 0.435. The number of non-ortho nitro benzene ring substituents is 1. The Hall–Kier alpha value is -2.93. The number of piperidine rings is 1. The summed E-state index contributed by atoms with van der Waals surface area (Å²) in [5.74, 6) is 1.60. The summed E-state index contributed by atoms with van der Waals surface area (Å²) in [6.07, 6.45) is 1.28. The van der Waals surface area contributed by atoms with E-state index in [9.17, 15) is 14.9 Å². The van der Waals surface area contributed by atoms with E-state index in [-0.39, 0.29) is 18.2 Å². The lowest BCUT2D eigenvalue weighted by Gasteiger charge is -2.35. The number of ether oxygens (including phenoxy) is 1. The van der Waals surface area contributed by atoms with Crippen molar-refractivity contribution in [3.63, 3.8) is 0 Å². The van der Waals surface area contributed by atoms with Gasteiger partial charge in [0.2, 0.25) is 0 Å². The average molecular weight is 412 g/mol. The number of hydrogen-bond donors (Lipinski definition) is 1. The Morgan fingerprint density at radius 3 is 2.37 bits per heavy atom. The van der Waals surface area contributed by atoms with Crippen LogP contribution in [0, 0.1) is 22.0 Å². The van der Waals surface area contributed by atoms with Gasteiger partial charge in [-0.25, -0.2) is 0 Å². The Labute approximate surface area is 177 Å². The molecule has 160 valence electrons. The minimum Gasteiger partial charge on any atom is -0.484 e. The van der Waals surface area contributed by atoms with E-state index >= 15 is 0 Å². The quantitative estimate of drug-likeness (QED) is 0.528. The van der Waals surface area contributed by atoms with E-state index in [2.05, 4.69) is 30.1 Å². The zero-order valence-corrected chi connectivity index (χ0v) is 17.5. The molecule has 0 saturated carbocycles. The molecule has 3 rings (SSSR count). The zero-order chi connectivity index (χ0) is 21.5. The van der Waals surface area contributed by atoms with Gasteiger partial charge in [-0.2, -0.15) is 0 Å². The highest BCUT2D eigenvalue weighted by molar-refractivity contribution is 5.77. The van der Waals surface area contributed by atoms with Crippen molar-refractivity contribution in [1.29, 1.82) is 0 Å². The molecule has 30 heavy (non-hydrogen) atoms. The maximum absolute atomic E-state index is 12.2. The van der Waals surface area contributed by atoms with Crippen molar-refractivity contribution in [2.24, 2.45) is 11.8 Å². The number of benzene rings is 2. The third-order valence-electron chi connectivity index (χ3n) is 5.35. The van der Waals surface area contributed by atoms with Crippen LogP contribution in [0.25, 0.3) is 0 Å². The molecule has 1 N–H and O–H groups in total. The summed E-state index contributed by atoms with van der Waals surface area (Å²) in [5.41, 5.74) is 2.32. The summed E-state index contributed by atoms with van der Waals surface area (Å²) in [7, 11) is 0. The first-order chi connectivity index (χ1) is 14.4. The summed E-state index contributed by atoms with van der Waals surface area (Å²) < 4.78 is 5.42. The predicted octanol–water partition coefficient (Wildman–Crippen LogP) is 3.77. The highest BCUT2D eigenvalue weighted by Crippen LogP contribution is 2.23. The summed E-state index contributed by atoms with van der Waals surface area (Å²) in [6, 6.07) is 13.9. The van der Waals surface area contributed by atoms with Gasteiger partial charge in [0, 0.05) is 38.3 Å². The molecule has 1 fully saturated rings. The lowest BCUT2D eigenvalue weighted by atomic mass is 9.91. The van der Waals surface area contributed by atoms with Crippen LogP contribution in [-0.2, 0) is 17.9 Å². The van der Waals surface area contributed by atoms with Gasteiger partial charge in [-0.05, 0) is 41.5 Å². The molecule has 7 heteroatoms. The first-order valence-electron chi connectivity index (χ1n) is 10.3. The van der Waals surface area contributed by atoms with Gasteiger partial charge in [0.25, 0.3) is 11.6 Å². The third kappa shape index (κ3) is 6.29. The van der Waals surface area contributed by atoms with Crippen molar-refractivity contribution >= 4 is 11.6 Å². The second kappa shape index (κ2) is 10.2. The topological polar surface area (TPSA) is 84.7 Å². The second-order valence-corrected chi connectivity index (χ2v) is 8.23. The molecule has 0 aliphatic carbocycles. The van der Waals surface area contributed by atoms with Crippen molar-refractivity contribution in [2.45, 2.75) is 33.4 Å². The van der Waals surface area contributed by atoms with Crippen LogP contribution in [0.5, 0.6) is 5.75 Å². The van der Waals surface area contributed by atoms with E-state index < -0.39 is 4.92 Å². The van der Waals surface area contributed by atoms with E-state index in [1.165, 1.54) is 36.2 Å². The number of likely N-dealkylation sites (tertiary alicyclic amines) is 1. The molecule has 1 heterocycles. The summed E-state index contributed by atoms with van der Waals surface area (Å²) in [5, 5.41) is 13.6. The van der Waals surface area contributed by atoms with Gasteiger partial charge >= 0.3 is 0 Å². The Bertz CT molecular complexity index is 859. The highest BCUT2D eigenvalue weighted by atomic mass is 16.6. The Kier molecular flexibility index (Phi) is 7.41. The van der Waals surface area contributed by atoms with Crippen LogP contribution in [0.15, 0.2) is 48.5 Å². The molecular formula is C23H29N3O4. The van der Waals surface area contributed by atoms with Crippen LogP contribution in [-0.4, -0.2) is 35.4 Å². The minimum absolute atomic E-state index is 0.0131. The van der Waals surface area contributed by atoms with Crippen molar-refractivity contribution < 1.29 is 14.5 Å². The Balaban J connectivity index is 1.50. The first kappa shape index (κ1) is 21.8. The number of nitro groups is 1. The Morgan fingerprint density at radius 1 is 1.10 bits per heavy atom. The SMILES string of the molecule is CC1CC(C)CN(Cc2ccccc2CNC(=O)COc2ccc([N+](=O)[O-])cc2)C1. The Morgan fingerprint density at radius 2 is 1.73 bits per heavy atom. The summed E-state index contributed by atoms with van der Waals surface area (Å²) >= 11 is 0. The van der Waals surface area contributed by atoms with Gasteiger partial charge in [-0.15, -0.1) is 0 Å². The monoisotopic (exact) mass is 411 g/mol. The predicted molar refractivity (Wildman–Crippen MR) is 115 cm³/mol. The van der Waals surface area contributed by atoms with Crippen LogP contribution in [0.3, 0.4) is 0 Å². The van der Waals surface area contributed by atoms with Gasteiger partial charge in [0.1, 0.15) is 5.75 Å². The molecule has 0 radical (unpaired) electrons. The third-order valence-corrected chi connectivity index (χ3v) is 5.35. The zero-order valence-electron chi connectivity index (χ0n) is 17.5. The van der Waals surface area contributed by atoms with E-state index in [1.807, 2.05) is 18.2 Å². The number of rotatable bonds is 8. The van der Waals surface area contributed by atoms with E-state index in [0.717, 1.165) is 25.2 Å². The van der Waals surface area contributed by atoms with Gasteiger partial charge < -0.3 is 10.1 Å². The van der Waals surface area contributed by atoms with Crippen LogP contribution < -0.4 is 10.1 Å². The van der Waals surface area contributed by atoms with E-state index in [1.54, 1.807) is 0 Å². The van der Waals surface area contributed by atoms with Gasteiger partial charge in [0.05, 0.1) is 4.92 Å². The summed E-state index contributed by atoms with van der Waals surface area (Å²) in [4.78, 5) is 24.9. The molecule has 2 unspecified atom stereocenters. The average Bonchev–Trinajstić information content (AvgIpc) is 2.71. The molecular weight excluding hydrogens is 382 g/mol. The lowest BCUT2D eigenvalue weighted by Crippen LogP contribution is -2.38. The van der Waals surface area contributed by atoms with Crippen molar-refractivity contribution in [3.05, 3.63) is 69.8 Å². The van der Waals surface area contributed by atoms with Gasteiger partial charge in [-0.1, -0.05) is 38.1 Å². The maximum atomic E-state index is 12.2. The largest absolute Gasteiger partial charge is 0.484 e. The number of hydrogen-bond acceptors (Lipinski definition) is 5. The molecule has 7 nitrogen and oxygen atoms in total. The molecule has 2 aromatic carbocycles. The standard InChI is InChI=1S/C23H29N3O4/c1-17-11-18(2)14-25(13-17)15-20-6-4-3-5-19(20)12-24-23(27)16-30-22-9-7-21(8-10-22)26(28)29/h3-10,17-18H,11-16H2,1-2H3,(H,24,27). The smallest absolute Gasteiger partial charge is 0.269 e. The number of carbonyl (C=O) groups is 1. The van der Waals surface area contributed by atoms with Crippen LogP contribution >= 0.6 is 0 Å². The van der Waals surface area contributed by atoms with Crippen LogP contribution in [0.1, 0.15) is 31.4 Å². The van der Waals surface area contributed by atoms with Crippen molar-refractivity contribution in [1.82, 2.24) is 10.2 Å². The molecule has 2 aromatic rings. The van der Waals surface area contributed by atoms with Crippen molar-refractivity contribution in [2.75, 3.05) is 19.7 Å². The number of nitrogens with zero attached hydrogens (tertiary/aromatic N) is 2. The van der Waals surface area contributed by atoms with Crippen LogP contribution in [0.4, 0.5) is 5.69 Å². The lowest BCUT2D eigenvalue weighted by molar-refractivity contribution is -0.384. The number of nitrogens with one attached hydrogen (secondary N) is 1. The number of amides is 1. The highest BCUT2D eigenvalue weighted by Gasteiger charge is 2.22.